The Balaban J connectivity index is 1.02. The van der Waals surface area contributed by atoms with Crippen molar-refractivity contribution in [3.8, 4) is 17.2 Å². The first kappa shape index (κ1) is 46.2. The molecule has 0 spiro atoms. The van der Waals surface area contributed by atoms with Crippen LogP contribution in [0.25, 0.3) is 16.6 Å². The summed E-state index contributed by atoms with van der Waals surface area (Å²) in [5.41, 5.74) is 26.1. The van der Waals surface area contributed by atoms with Crippen molar-refractivity contribution in [2.75, 3.05) is 9.80 Å². The quantitative estimate of drug-likeness (QED) is 0.165. The fourth-order valence-corrected chi connectivity index (χ4v) is 18.0. The molecule has 4 atom stereocenters. The van der Waals surface area contributed by atoms with E-state index < -0.39 is 0 Å². The van der Waals surface area contributed by atoms with Gasteiger partial charge >= 0.3 is 0 Å². The smallest absolute Gasteiger partial charge is 0.255 e. The molecule has 0 radical (unpaired) electrons. The molecule has 4 aliphatic heterocycles. The van der Waals surface area contributed by atoms with Gasteiger partial charge < -0.3 is 14.4 Å². The van der Waals surface area contributed by atoms with Gasteiger partial charge in [0, 0.05) is 62.1 Å². The molecule has 2 fully saturated rings. The fourth-order valence-electron chi connectivity index (χ4n) is 18.0. The van der Waals surface area contributed by atoms with E-state index in [1.165, 1.54) is 143 Å². The molecular formula is C70H76BN3O2. The molecule has 0 saturated heterocycles. The second kappa shape index (κ2) is 14.6. The van der Waals surface area contributed by atoms with Crippen LogP contribution in [0.3, 0.4) is 0 Å². The van der Waals surface area contributed by atoms with Gasteiger partial charge in [0.25, 0.3) is 6.71 Å². The van der Waals surface area contributed by atoms with E-state index in [4.69, 9.17) is 9.47 Å². The number of anilines is 6. The second-order valence-corrected chi connectivity index (χ2v) is 29.3. The lowest BCUT2D eigenvalue weighted by Gasteiger charge is -2.45. The molecule has 5 nitrogen and oxygen atoms in total. The number of aryl methyl sites for hydroxylation is 1. The van der Waals surface area contributed by atoms with E-state index in [9.17, 15) is 0 Å². The minimum Gasteiger partial charge on any atom is -0.486 e. The SMILES string of the molecule is Cc1cc2c3c(c1)N(c1ccc4c(c1)CC(C)(C)C4)c1c(c4cc5c(cc4n1-c1ccc4c(c1)CC(C)(C)C4)CC(C)(C)C5)B3c1cc3c(cc1N2c1ccc2c(c1)OC1(C)CCCCC21C)C1(C)CCCCC1(C)O3. The Labute approximate surface area is 452 Å². The Morgan fingerprint density at radius 3 is 1.58 bits per heavy atom. The Morgan fingerprint density at radius 1 is 0.434 bits per heavy atom. The Kier molecular flexibility index (Phi) is 8.90. The van der Waals surface area contributed by atoms with Crippen LogP contribution in [-0.2, 0) is 49.4 Å². The summed E-state index contributed by atoms with van der Waals surface area (Å²) in [6.45, 7) is 26.8. The maximum Gasteiger partial charge on any atom is 0.255 e. The van der Waals surface area contributed by atoms with Crippen molar-refractivity contribution in [2.24, 2.45) is 16.2 Å². The third-order valence-electron chi connectivity index (χ3n) is 22.0. The first-order valence-corrected chi connectivity index (χ1v) is 29.5. The Bertz CT molecular complexity index is 3780. The van der Waals surface area contributed by atoms with Crippen LogP contribution in [0.1, 0.15) is 171 Å². The summed E-state index contributed by atoms with van der Waals surface area (Å²) in [5.74, 6) is 3.43. The maximum absolute atomic E-state index is 7.48. The topological polar surface area (TPSA) is 29.9 Å². The zero-order valence-corrected chi connectivity index (χ0v) is 47.3. The van der Waals surface area contributed by atoms with E-state index in [0.29, 0.717) is 0 Å². The highest BCUT2D eigenvalue weighted by molar-refractivity contribution is 7.01. The Hall–Kier alpha value is -5.88. The van der Waals surface area contributed by atoms with Gasteiger partial charge in [-0.3, -0.25) is 9.47 Å². The summed E-state index contributed by atoms with van der Waals surface area (Å²) in [5, 5.41) is 1.38. The first-order chi connectivity index (χ1) is 36.1. The van der Waals surface area contributed by atoms with E-state index in [1.54, 1.807) is 0 Å². The summed E-state index contributed by atoms with van der Waals surface area (Å²) < 4.78 is 17.5. The summed E-state index contributed by atoms with van der Waals surface area (Å²) in [4.78, 5) is 5.41. The summed E-state index contributed by atoms with van der Waals surface area (Å²) in [6.07, 6.45) is 15.9. The molecule has 0 N–H and O–H groups in total. The van der Waals surface area contributed by atoms with Gasteiger partial charge in [-0.25, -0.2) is 0 Å². The monoisotopic (exact) mass is 1000 g/mol. The predicted molar refractivity (Wildman–Crippen MR) is 315 cm³/mol. The van der Waals surface area contributed by atoms with Crippen molar-refractivity contribution in [3.05, 3.63) is 141 Å². The molecule has 76 heavy (non-hydrogen) atoms. The predicted octanol–water partition coefficient (Wildman–Crippen LogP) is 15.4. The lowest BCUT2D eigenvalue weighted by molar-refractivity contribution is 0.00730. The molecule has 0 amide bonds. The first-order valence-electron chi connectivity index (χ1n) is 29.5. The molecule has 4 unspecified atom stereocenters. The summed E-state index contributed by atoms with van der Waals surface area (Å²) in [7, 11) is 0. The normalized spacial score (nSPS) is 27.9. The minimum atomic E-state index is -0.262. The van der Waals surface area contributed by atoms with Gasteiger partial charge in [-0.05, 0) is 242 Å². The number of benzene rings is 6. The lowest BCUT2D eigenvalue weighted by atomic mass is 9.33. The van der Waals surface area contributed by atoms with Crippen molar-refractivity contribution in [1.82, 2.24) is 4.57 Å². The van der Waals surface area contributed by atoms with Crippen molar-refractivity contribution in [1.29, 1.82) is 0 Å². The lowest BCUT2D eigenvalue weighted by Crippen LogP contribution is -2.61. The molecule has 9 aliphatic rings. The van der Waals surface area contributed by atoms with Gasteiger partial charge in [0.15, 0.2) is 0 Å². The zero-order chi connectivity index (χ0) is 52.0. The summed E-state index contributed by atoms with van der Waals surface area (Å²) >= 11 is 0. The van der Waals surface area contributed by atoms with Gasteiger partial charge in [0.1, 0.15) is 28.5 Å². The number of aromatic nitrogens is 1. The maximum atomic E-state index is 7.48. The van der Waals surface area contributed by atoms with Crippen molar-refractivity contribution in [3.63, 3.8) is 0 Å². The zero-order valence-electron chi connectivity index (χ0n) is 47.3. The van der Waals surface area contributed by atoms with Crippen molar-refractivity contribution < 1.29 is 9.47 Å². The van der Waals surface area contributed by atoms with E-state index in [-0.39, 0.29) is 45.0 Å². The third kappa shape index (κ3) is 6.06. The van der Waals surface area contributed by atoms with Crippen LogP contribution >= 0.6 is 0 Å². The average molecular weight is 1000 g/mol. The molecule has 7 aromatic rings. The van der Waals surface area contributed by atoms with Crippen molar-refractivity contribution >= 4 is 68.3 Å². The van der Waals surface area contributed by atoms with E-state index in [1.807, 2.05) is 0 Å². The highest BCUT2D eigenvalue weighted by Gasteiger charge is 2.58. The van der Waals surface area contributed by atoms with Crippen LogP contribution in [0.5, 0.6) is 11.5 Å². The molecular weight excluding hydrogens is 926 g/mol. The van der Waals surface area contributed by atoms with Gasteiger partial charge in [-0.1, -0.05) is 86.4 Å². The minimum absolute atomic E-state index is 0.00861. The number of hydrogen-bond acceptors (Lipinski definition) is 4. The van der Waals surface area contributed by atoms with Crippen LogP contribution in [0.2, 0.25) is 0 Å². The van der Waals surface area contributed by atoms with Crippen LogP contribution < -0.4 is 35.7 Å². The fraction of sp³-hybridized carbons (Fsp3) is 0.457. The molecule has 6 aromatic carbocycles. The van der Waals surface area contributed by atoms with Crippen LogP contribution in [0, 0.1) is 23.2 Å². The number of rotatable bonds is 3. The van der Waals surface area contributed by atoms with Gasteiger partial charge in [-0.15, -0.1) is 0 Å². The number of ether oxygens (including phenoxy) is 2. The molecule has 5 aliphatic carbocycles. The van der Waals surface area contributed by atoms with Crippen molar-refractivity contribution in [2.45, 2.75) is 188 Å². The molecule has 2 saturated carbocycles. The molecule has 5 heterocycles. The molecule has 386 valence electrons. The number of hydrogen-bond donors (Lipinski definition) is 0. The van der Waals surface area contributed by atoms with E-state index >= 15 is 0 Å². The van der Waals surface area contributed by atoms with Gasteiger partial charge in [0.05, 0.1) is 5.52 Å². The molecule has 0 bridgehead atoms. The number of nitrogens with zero attached hydrogens (tertiary/aromatic N) is 3. The highest BCUT2D eigenvalue weighted by Crippen LogP contribution is 2.61. The van der Waals surface area contributed by atoms with Crippen LogP contribution in [0.4, 0.5) is 34.3 Å². The van der Waals surface area contributed by atoms with E-state index in [2.05, 4.69) is 182 Å². The highest BCUT2D eigenvalue weighted by atomic mass is 16.5. The number of fused-ring (bicyclic) bond motifs is 15. The standard InChI is InChI=1S/C70H76BN3O2/c1-41-26-57-62-58(27-41)74(49-19-17-43-36-65(4,5)38-45(43)29-49)63-61(51-30-46-39-66(6,7)40-47(46)31-55(51)73(63)48-18-16-42-35-64(2,3)37-44(42)28-48)71(62)54-34-60-53(68(9)23-13-15-25-70(68,11)76-60)33-56(54)72(57)50-20-21-52-59(32-50)75-69(10)24-14-12-22-67(52,69)8/h16-21,26-34H,12-15,22-25,35-40H2,1-11H3. The largest absolute Gasteiger partial charge is 0.486 e. The summed E-state index contributed by atoms with van der Waals surface area (Å²) in [6, 6.07) is 37.9. The van der Waals surface area contributed by atoms with Gasteiger partial charge in [-0.2, -0.15) is 0 Å². The second-order valence-electron chi connectivity index (χ2n) is 29.3. The van der Waals surface area contributed by atoms with E-state index in [0.717, 1.165) is 75.7 Å². The molecule has 1 aromatic heterocycles. The molecule has 6 heteroatoms. The van der Waals surface area contributed by atoms with Gasteiger partial charge in [0.2, 0.25) is 0 Å². The average Bonchev–Trinajstić information content (AvgIpc) is 4.33. The third-order valence-corrected chi connectivity index (χ3v) is 22.0. The van der Waals surface area contributed by atoms with Crippen LogP contribution in [0.15, 0.2) is 91.0 Å². The Morgan fingerprint density at radius 2 is 0.934 bits per heavy atom. The van der Waals surface area contributed by atoms with Crippen LogP contribution in [-0.4, -0.2) is 22.5 Å². The molecule has 16 rings (SSSR count).